The number of nitrogens with zero attached hydrogens (tertiary/aromatic N) is 1. The van der Waals surface area contributed by atoms with Gasteiger partial charge < -0.3 is 14.4 Å². The Bertz CT molecular complexity index is 971. The summed E-state index contributed by atoms with van der Waals surface area (Å²) < 4.78 is 7.82. The molecule has 1 N–H and O–H groups in total. The first-order valence-electron chi connectivity index (χ1n) is 8.25. The van der Waals surface area contributed by atoms with Gasteiger partial charge in [0, 0.05) is 21.8 Å². The lowest BCUT2D eigenvalue weighted by atomic mass is 10.2. The first-order valence-corrected chi connectivity index (χ1v) is 8.63. The lowest BCUT2D eigenvalue weighted by Crippen LogP contribution is -2.23. The summed E-state index contributed by atoms with van der Waals surface area (Å²) in [6, 6.07) is 23.8. The smallest absolute Gasteiger partial charge is 0.138 e. The fraction of sp³-hybridized carbons (Fsp3) is 0.143. The second-order valence-electron chi connectivity index (χ2n) is 6.04. The third-order valence-corrected chi connectivity index (χ3v) is 4.65. The van der Waals surface area contributed by atoms with E-state index in [9.17, 15) is 5.11 Å². The maximum atomic E-state index is 10.5. The molecule has 4 rings (SSSR count). The van der Waals surface area contributed by atoms with Crippen LogP contribution in [0.25, 0.3) is 21.8 Å². The summed E-state index contributed by atoms with van der Waals surface area (Å²) in [6.07, 6.45) is -0.643. The van der Waals surface area contributed by atoms with Gasteiger partial charge in [-0.25, -0.2) is 0 Å². The van der Waals surface area contributed by atoms with Crippen molar-refractivity contribution in [1.29, 1.82) is 0 Å². The summed E-state index contributed by atoms with van der Waals surface area (Å²) in [7, 11) is 0. The van der Waals surface area contributed by atoms with E-state index in [1.807, 2.05) is 36.4 Å². The van der Waals surface area contributed by atoms with Crippen LogP contribution >= 0.6 is 11.6 Å². The molecule has 0 saturated heterocycles. The normalized spacial score (nSPS) is 12.6. The number of halogens is 1. The highest BCUT2D eigenvalue weighted by Crippen LogP contribution is 2.29. The van der Waals surface area contributed by atoms with Crippen LogP contribution in [0.4, 0.5) is 0 Å². The van der Waals surface area contributed by atoms with Crippen molar-refractivity contribution in [3.05, 3.63) is 77.8 Å². The molecule has 4 aromatic rings. The molecular weight excluding hydrogens is 334 g/mol. The SMILES string of the molecule is O[C@H](COc1ccccc1Cl)Cn1c2ccccc2c2ccccc21. The standard InChI is InChI=1S/C21H18ClNO2/c22-18-9-3-6-12-21(18)25-14-15(24)13-23-19-10-4-1-7-16(19)17-8-2-5-11-20(17)23/h1-12,15,24H,13-14H2/t15-/m0/s1. The highest BCUT2D eigenvalue weighted by Gasteiger charge is 2.14. The van der Waals surface area contributed by atoms with Crippen molar-refractivity contribution >= 4 is 33.4 Å². The number of hydrogen-bond acceptors (Lipinski definition) is 2. The maximum Gasteiger partial charge on any atom is 0.138 e. The molecular formula is C21H18ClNO2. The summed E-state index contributed by atoms with van der Waals surface area (Å²) in [6.45, 7) is 0.642. The predicted molar refractivity (Wildman–Crippen MR) is 102 cm³/mol. The maximum absolute atomic E-state index is 10.5. The largest absolute Gasteiger partial charge is 0.489 e. The van der Waals surface area contributed by atoms with Crippen LogP contribution in [0.15, 0.2) is 72.8 Å². The average Bonchev–Trinajstić information content (AvgIpc) is 2.96. The quantitative estimate of drug-likeness (QED) is 0.555. The number of hydrogen-bond donors (Lipinski definition) is 1. The molecule has 25 heavy (non-hydrogen) atoms. The summed E-state index contributed by atoms with van der Waals surface area (Å²) in [5, 5.41) is 13.4. The van der Waals surface area contributed by atoms with Crippen LogP contribution < -0.4 is 4.74 Å². The van der Waals surface area contributed by atoms with E-state index in [4.69, 9.17) is 16.3 Å². The Labute approximate surface area is 151 Å². The van der Waals surface area contributed by atoms with Gasteiger partial charge in [-0.15, -0.1) is 0 Å². The fourth-order valence-electron chi connectivity index (χ4n) is 3.21. The molecule has 1 aromatic heterocycles. The van der Waals surface area contributed by atoms with Crippen molar-refractivity contribution in [2.45, 2.75) is 12.6 Å². The molecule has 0 bridgehead atoms. The number of aliphatic hydroxyl groups is 1. The Morgan fingerprint density at radius 3 is 2.04 bits per heavy atom. The number of aromatic nitrogens is 1. The fourth-order valence-corrected chi connectivity index (χ4v) is 3.40. The average molecular weight is 352 g/mol. The Balaban J connectivity index is 1.60. The van der Waals surface area contributed by atoms with Gasteiger partial charge >= 0.3 is 0 Å². The molecule has 0 amide bonds. The van der Waals surface area contributed by atoms with Crippen LogP contribution in [0.5, 0.6) is 5.75 Å². The molecule has 0 aliphatic rings. The molecule has 3 nitrogen and oxygen atoms in total. The number of ether oxygens (including phenoxy) is 1. The third kappa shape index (κ3) is 3.09. The van der Waals surface area contributed by atoms with Crippen molar-refractivity contribution in [2.75, 3.05) is 6.61 Å². The van der Waals surface area contributed by atoms with Gasteiger partial charge in [0.25, 0.3) is 0 Å². The van der Waals surface area contributed by atoms with Gasteiger partial charge in [0.2, 0.25) is 0 Å². The first-order chi connectivity index (χ1) is 12.2. The summed E-state index contributed by atoms with van der Waals surface area (Å²) in [5.74, 6) is 0.588. The van der Waals surface area contributed by atoms with E-state index >= 15 is 0 Å². The Morgan fingerprint density at radius 2 is 1.40 bits per heavy atom. The second-order valence-corrected chi connectivity index (χ2v) is 6.45. The van der Waals surface area contributed by atoms with Crippen LogP contribution in [-0.2, 0) is 6.54 Å². The van der Waals surface area contributed by atoms with Crippen LogP contribution in [0.2, 0.25) is 5.02 Å². The van der Waals surface area contributed by atoms with E-state index in [0.29, 0.717) is 17.3 Å². The van der Waals surface area contributed by atoms with Crippen molar-refractivity contribution in [1.82, 2.24) is 4.57 Å². The highest BCUT2D eigenvalue weighted by molar-refractivity contribution is 6.32. The van der Waals surface area contributed by atoms with E-state index in [-0.39, 0.29) is 6.61 Å². The molecule has 1 heterocycles. The van der Waals surface area contributed by atoms with Gasteiger partial charge in [-0.2, -0.15) is 0 Å². The van der Waals surface area contributed by atoms with Crippen LogP contribution in [0.1, 0.15) is 0 Å². The van der Waals surface area contributed by atoms with E-state index in [1.54, 1.807) is 12.1 Å². The molecule has 126 valence electrons. The minimum absolute atomic E-state index is 0.185. The predicted octanol–water partition coefficient (Wildman–Crippen LogP) is 4.89. The van der Waals surface area contributed by atoms with Crippen molar-refractivity contribution in [3.63, 3.8) is 0 Å². The van der Waals surface area contributed by atoms with Gasteiger partial charge in [-0.3, -0.25) is 0 Å². The van der Waals surface area contributed by atoms with Gasteiger partial charge in [0.15, 0.2) is 0 Å². The topological polar surface area (TPSA) is 34.4 Å². The molecule has 0 fully saturated rings. The van der Waals surface area contributed by atoms with Gasteiger partial charge in [-0.05, 0) is 24.3 Å². The Hall–Kier alpha value is -2.49. The summed E-state index contributed by atoms with van der Waals surface area (Å²) in [4.78, 5) is 0. The summed E-state index contributed by atoms with van der Waals surface area (Å²) >= 11 is 6.09. The second kappa shape index (κ2) is 6.79. The molecule has 1 atom stereocenters. The van der Waals surface area contributed by atoms with Crippen LogP contribution in [0, 0.1) is 0 Å². The minimum Gasteiger partial charge on any atom is -0.489 e. The zero-order valence-electron chi connectivity index (χ0n) is 13.6. The van der Waals surface area contributed by atoms with Crippen molar-refractivity contribution in [2.24, 2.45) is 0 Å². The number of para-hydroxylation sites is 3. The number of aliphatic hydroxyl groups excluding tert-OH is 1. The van der Waals surface area contributed by atoms with Crippen molar-refractivity contribution < 1.29 is 9.84 Å². The lowest BCUT2D eigenvalue weighted by Gasteiger charge is -2.15. The van der Waals surface area contributed by atoms with Crippen molar-refractivity contribution in [3.8, 4) is 5.75 Å². The molecule has 0 aliphatic heterocycles. The molecule has 0 saturated carbocycles. The monoisotopic (exact) mass is 351 g/mol. The van der Waals surface area contributed by atoms with Crippen LogP contribution in [-0.4, -0.2) is 22.4 Å². The molecule has 0 spiro atoms. The van der Waals surface area contributed by atoms with E-state index in [2.05, 4.69) is 28.8 Å². The Morgan fingerprint density at radius 1 is 0.840 bits per heavy atom. The number of rotatable bonds is 5. The molecule has 4 heteroatoms. The Kier molecular flexibility index (Phi) is 4.35. The van der Waals surface area contributed by atoms with E-state index in [1.165, 1.54) is 10.8 Å². The highest BCUT2D eigenvalue weighted by atomic mass is 35.5. The number of fused-ring (bicyclic) bond motifs is 3. The number of benzene rings is 3. The third-order valence-electron chi connectivity index (χ3n) is 4.34. The van der Waals surface area contributed by atoms with Gasteiger partial charge in [-0.1, -0.05) is 60.1 Å². The van der Waals surface area contributed by atoms with E-state index in [0.717, 1.165) is 11.0 Å². The minimum atomic E-state index is -0.643. The zero-order chi connectivity index (χ0) is 17.2. The molecule has 0 radical (unpaired) electrons. The molecule has 3 aromatic carbocycles. The molecule has 0 aliphatic carbocycles. The molecule has 0 unspecified atom stereocenters. The lowest BCUT2D eigenvalue weighted by molar-refractivity contribution is 0.0945. The first kappa shape index (κ1) is 16.0. The summed E-state index contributed by atoms with van der Waals surface area (Å²) in [5.41, 5.74) is 2.22. The van der Waals surface area contributed by atoms with Gasteiger partial charge in [0.1, 0.15) is 18.5 Å². The van der Waals surface area contributed by atoms with E-state index < -0.39 is 6.10 Å². The van der Waals surface area contributed by atoms with Crippen LogP contribution in [0.3, 0.4) is 0 Å². The zero-order valence-corrected chi connectivity index (χ0v) is 14.4. The van der Waals surface area contributed by atoms with Gasteiger partial charge in [0.05, 0.1) is 11.6 Å².